The van der Waals surface area contributed by atoms with Gasteiger partial charge in [0, 0.05) is 44.8 Å². The molecule has 2 rings (SSSR count). The van der Waals surface area contributed by atoms with Crippen LogP contribution < -0.4 is 5.73 Å². The highest BCUT2D eigenvalue weighted by atomic mass is 15.3. The van der Waals surface area contributed by atoms with E-state index in [1.165, 1.54) is 51.9 Å². The van der Waals surface area contributed by atoms with Crippen molar-refractivity contribution in [3.05, 3.63) is 0 Å². The summed E-state index contributed by atoms with van der Waals surface area (Å²) in [7, 11) is 0. The summed E-state index contributed by atoms with van der Waals surface area (Å²) in [4.78, 5) is 5.26. The molecule has 1 aliphatic heterocycles. The van der Waals surface area contributed by atoms with Crippen LogP contribution in [0.3, 0.4) is 0 Å². The number of nitrogens with zero attached hydrogens (tertiary/aromatic N) is 2. The van der Waals surface area contributed by atoms with Gasteiger partial charge in [-0.05, 0) is 19.3 Å². The summed E-state index contributed by atoms with van der Waals surface area (Å²) in [5.41, 5.74) is 5.84. The van der Waals surface area contributed by atoms with Crippen LogP contribution in [0.4, 0.5) is 0 Å². The van der Waals surface area contributed by atoms with Crippen LogP contribution in [0.2, 0.25) is 0 Å². The molecule has 0 radical (unpaired) electrons. The zero-order valence-electron chi connectivity index (χ0n) is 9.99. The quantitative estimate of drug-likeness (QED) is 0.733. The molecule has 1 heterocycles. The Morgan fingerprint density at radius 1 is 1.20 bits per heavy atom. The van der Waals surface area contributed by atoms with Gasteiger partial charge in [-0.25, -0.2) is 0 Å². The minimum atomic E-state index is 0.636. The van der Waals surface area contributed by atoms with Crippen molar-refractivity contribution in [3.8, 4) is 0 Å². The van der Waals surface area contributed by atoms with Gasteiger partial charge >= 0.3 is 0 Å². The van der Waals surface area contributed by atoms with Gasteiger partial charge < -0.3 is 5.73 Å². The van der Waals surface area contributed by atoms with Gasteiger partial charge in [0.1, 0.15) is 0 Å². The largest absolute Gasteiger partial charge is 0.329 e. The highest BCUT2D eigenvalue weighted by Gasteiger charge is 2.32. The van der Waals surface area contributed by atoms with Crippen molar-refractivity contribution in [1.82, 2.24) is 9.80 Å². The standard InChI is InChI=1S/C12H25N3/c1-2-3-12(10-13)15-8-6-14(7-9-15)11-4-5-11/h11-12H,2-10,13H2,1H3. The van der Waals surface area contributed by atoms with Gasteiger partial charge in [-0.3, -0.25) is 9.80 Å². The van der Waals surface area contributed by atoms with E-state index in [-0.39, 0.29) is 0 Å². The first-order chi connectivity index (χ1) is 7.35. The van der Waals surface area contributed by atoms with E-state index in [9.17, 15) is 0 Å². The van der Waals surface area contributed by atoms with Crippen LogP contribution >= 0.6 is 0 Å². The summed E-state index contributed by atoms with van der Waals surface area (Å²) in [5.74, 6) is 0. The molecule has 1 unspecified atom stereocenters. The van der Waals surface area contributed by atoms with E-state index in [2.05, 4.69) is 16.7 Å². The predicted octanol–water partition coefficient (Wildman–Crippen LogP) is 0.894. The first-order valence-electron chi connectivity index (χ1n) is 6.53. The molecule has 88 valence electrons. The molecule has 3 heteroatoms. The molecule has 1 atom stereocenters. The molecule has 15 heavy (non-hydrogen) atoms. The third-order valence-corrected chi connectivity index (χ3v) is 3.82. The lowest BCUT2D eigenvalue weighted by molar-refractivity contribution is 0.0901. The second-order valence-electron chi connectivity index (χ2n) is 4.98. The molecule has 2 N–H and O–H groups in total. The normalized spacial score (nSPS) is 26.8. The maximum Gasteiger partial charge on any atom is 0.0219 e. The summed E-state index contributed by atoms with van der Waals surface area (Å²) in [6, 6.07) is 1.58. The summed E-state index contributed by atoms with van der Waals surface area (Å²) >= 11 is 0. The van der Waals surface area contributed by atoms with Crippen molar-refractivity contribution < 1.29 is 0 Å². The highest BCUT2D eigenvalue weighted by molar-refractivity contribution is 4.88. The van der Waals surface area contributed by atoms with Gasteiger partial charge in [-0.15, -0.1) is 0 Å². The second-order valence-corrected chi connectivity index (χ2v) is 4.98. The van der Waals surface area contributed by atoms with Gasteiger partial charge in [0.15, 0.2) is 0 Å². The van der Waals surface area contributed by atoms with Crippen LogP contribution in [0.15, 0.2) is 0 Å². The molecule has 0 bridgehead atoms. The topological polar surface area (TPSA) is 32.5 Å². The first-order valence-corrected chi connectivity index (χ1v) is 6.53. The fraction of sp³-hybridized carbons (Fsp3) is 1.00. The molecular formula is C12H25N3. The number of nitrogens with two attached hydrogens (primary N) is 1. The Morgan fingerprint density at radius 2 is 1.87 bits per heavy atom. The van der Waals surface area contributed by atoms with E-state index in [1.54, 1.807) is 0 Å². The number of hydrogen-bond acceptors (Lipinski definition) is 3. The van der Waals surface area contributed by atoms with Gasteiger partial charge in [-0.1, -0.05) is 13.3 Å². The Bertz CT molecular complexity index is 183. The maximum absolute atomic E-state index is 5.84. The van der Waals surface area contributed by atoms with E-state index >= 15 is 0 Å². The molecule has 2 fully saturated rings. The second kappa shape index (κ2) is 5.28. The van der Waals surface area contributed by atoms with Crippen LogP contribution in [-0.4, -0.2) is 54.6 Å². The lowest BCUT2D eigenvalue weighted by Crippen LogP contribution is -2.52. The summed E-state index contributed by atoms with van der Waals surface area (Å²) in [6.07, 6.45) is 5.40. The molecule has 3 nitrogen and oxygen atoms in total. The van der Waals surface area contributed by atoms with Crippen molar-refractivity contribution in [1.29, 1.82) is 0 Å². The molecule has 0 amide bonds. The molecule has 1 aliphatic carbocycles. The van der Waals surface area contributed by atoms with Gasteiger partial charge in [0.25, 0.3) is 0 Å². The molecule has 0 aromatic rings. The van der Waals surface area contributed by atoms with Gasteiger partial charge in [0.05, 0.1) is 0 Å². The fourth-order valence-corrected chi connectivity index (χ4v) is 2.69. The molecule has 1 saturated carbocycles. The average Bonchev–Trinajstić information content (AvgIpc) is 3.10. The molecule has 1 saturated heterocycles. The Hall–Kier alpha value is -0.120. The Balaban J connectivity index is 1.75. The smallest absolute Gasteiger partial charge is 0.0219 e. The first kappa shape index (κ1) is 11.4. The zero-order valence-corrected chi connectivity index (χ0v) is 9.99. The molecule has 0 aromatic carbocycles. The summed E-state index contributed by atoms with van der Waals surface area (Å²) < 4.78 is 0. The lowest BCUT2D eigenvalue weighted by atomic mass is 10.1. The van der Waals surface area contributed by atoms with Crippen LogP contribution in [0.5, 0.6) is 0 Å². The number of rotatable bonds is 5. The molecule has 0 spiro atoms. The van der Waals surface area contributed by atoms with E-state index < -0.39 is 0 Å². The third-order valence-electron chi connectivity index (χ3n) is 3.82. The van der Waals surface area contributed by atoms with E-state index in [0.717, 1.165) is 12.6 Å². The van der Waals surface area contributed by atoms with Crippen molar-refractivity contribution in [2.24, 2.45) is 5.73 Å². The van der Waals surface area contributed by atoms with E-state index in [0.29, 0.717) is 6.04 Å². The number of piperazine rings is 1. The SMILES string of the molecule is CCCC(CN)N1CCN(C2CC2)CC1. The summed E-state index contributed by atoms with van der Waals surface area (Å²) in [6.45, 7) is 8.09. The summed E-state index contributed by atoms with van der Waals surface area (Å²) in [5, 5.41) is 0. The molecule has 0 aromatic heterocycles. The van der Waals surface area contributed by atoms with Crippen molar-refractivity contribution in [2.45, 2.75) is 44.7 Å². The maximum atomic E-state index is 5.84. The monoisotopic (exact) mass is 211 g/mol. The van der Waals surface area contributed by atoms with Crippen LogP contribution in [0.1, 0.15) is 32.6 Å². The minimum absolute atomic E-state index is 0.636. The van der Waals surface area contributed by atoms with Gasteiger partial charge in [0.2, 0.25) is 0 Å². The van der Waals surface area contributed by atoms with E-state index in [1.807, 2.05) is 0 Å². The Morgan fingerprint density at radius 3 is 2.33 bits per heavy atom. The fourth-order valence-electron chi connectivity index (χ4n) is 2.69. The minimum Gasteiger partial charge on any atom is -0.329 e. The van der Waals surface area contributed by atoms with Crippen LogP contribution in [-0.2, 0) is 0 Å². The predicted molar refractivity (Wildman–Crippen MR) is 63.9 cm³/mol. The van der Waals surface area contributed by atoms with Crippen molar-refractivity contribution >= 4 is 0 Å². The zero-order chi connectivity index (χ0) is 10.7. The lowest BCUT2D eigenvalue weighted by Gasteiger charge is -2.39. The van der Waals surface area contributed by atoms with Crippen LogP contribution in [0, 0.1) is 0 Å². The van der Waals surface area contributed by atoms with E-state index in [4.69, 9.17) is 5.73 Å². The third kappa shape index (κ3) is 2.92. The van der Waals surface area contributed by atoms with Crippen molar-refractivity contribution in [3.63, 3.8) is 0 Å². The highest BCUT2D eigenvalue weighted by Crippen LogP contribution is 2.27. The van der Waals surface area contributed by atoms with Crippen LogP contribution in [0.25, 0.3) is 0 Å². The molecule has 2 aliphatic rings. The van der Waals surface area contributed by atoms with Gasteiger partial charge in [-0.2, -0.15) is 0 Å². The molecular weight excluding hydrogens is 186 g/mol. The number of hydrogen-bond donors (Lipinski definition) is 1. The Kier molecular flexibility index (Phi) is 4.00. The Labute approximate surface area is 93.6 Å². The average molecular weight is 211 g/mol. The van der Waals surface area contributed by atoms with Crippen molar-refractivity contribution in [2.75, 3.05) is 32.7 Å².